The maximum absolute atomic E-state index is 9.10. The van der Waals surface area contributed by atoms with Gasteiger partial charge in [0.15, 0.2) is 0 Å². The summed E-state index contributed by atoms with van der Waals surface area (Å²) >= 11 is 0. The lowest BCUT2D eigenvalue weighted by Crippen LogP contribution is -2.51. The van der Waals surface area contributed by atoms with Crippen molar-refractivity contribution >= 4 is 0 Å². The molecule has 0 aromatic heterocycles. The minimum Gasteiger partial charge on any atom is -0.396 e. The fourth-order valence-corrected chi connectivity index (χ4v) is 3.47. The van der Waals surface area contributed by atoms with E-state index in [1.54, 1.807) is 0 Å². The average molecular weight is 251 g/mol. The largest absolute Gasteiger partial charge is 0.396 e. The molecule has 0 aromatic carbocycles. The highest BCUT2D eigenvalue weighted by molar-refractivity contribution is 4.90. The predicted octanol–water partition coefficient (Wildman–Crippen LogP) is 1.12. The number of rotatable bonds is 5. The molecule has 2 unspecified atom stereocenters. The molecule has 0 bridgehead atoms. The van der Waals surface area contributed by atoms with E-state index in [4.69, 9.17) is 10.4 Å². The molecule has 1 saturated heterocycles. The molecule has 1 aliphatic carbocycles. The number of nitriles is 1. The second-order valence-corrected chi connectivity index (χ2v) is 5.81. The van der Waals surface area contributed by atoms with Crippen LogP contribution in [0, 0.1) is 17.2 Å². The SMILES string of the molecule is N#CCN1CC(CCO)CC(NC2CCCC2)C1. The van der Waals surface area contributed by atoms with E-state index in [2.05, 4.69) is 16.3 Å². The summed E-state index contributed by atoms with van der Waals surface area (Å²) in [4.78, 5) is 2.23. The van der Waals surface area contributed by atoms with Crippen LogP contribution in [0.3, 0.4) is 0 Å². The zero-order valence-electron chi connectivity index (χ0n) is 11.1. The lowest BCUT2D eigenvalue weighted by molar-refractivity contribution is 0.127. The Morgan fingerprint density at radius 2 is 2.00 bits per heavy atom. The zero-order chi connectivity index (χ0) is 12.8. The van der Waals surface area contributed by atoms with E-state index < -0.39 is 0 Å². The number of likely N-dealkylation sites (tertiary alicyclic amines) is 1. The lowest BCUT2D eigenvalue weighted by atomic mass is 9.91. The second-order valence-electron chi connectivity index (χ2n) is 5.81. The molecule has 2 aliphatic rings. The molecule has 18 heavy (non-hydrogen) atoms. The van der Waals surface area contributed by atoms with E-state index in [9.17, 15) is 0 Å². The molecule has 1 aliphatic heterocycles. The van der Waals surface area contributed by atoms with Gasteiger partial charge in [-0.05, 0) is 31.6 Å². The summed E-state index contributed by atoms with van der Waals surface area (Å²) < 4.78 is 0. The summed E-state index contributed by atoms with van der Waals surface area (Å²) in [5.41, 5.74) is 0. The fraction of sp³-hybridized carbons (Fsp3) is 0.929. The number of nitrogens with zero attached hydrogens (tertiary/aromatic N) is 2. The molecule has 4 heteroatoms. The summed E-state index contributed by atoms with van der Waals surface area (Å²) in [6, 6.07) is 3.44. The molecular weight excluding hydrogens is 226 g/mol. The Kier molecular flexibility index (Phi) is 5.43. The van der Waals surface area contributed by atoms with Gasteiger partial charge in [0.25, 0.3) is 0 Å². The Balaban J connectivity index is 1.85. The molecule has 2 N–H and O–H groups in total. The van der Waals surface area contributed by atoms with Crippen LogP contribution in [0.1, 0.15) is 38.5 Å². The summed E-state index contributed by atoms with van der Waals surface area (Å²) in [6.45, 7) is 2.74. The van der Waals surface area contributed by atoms with Gasteiger partial charge in [-0.1, -0.05) is 12.8 Å². The zero-order valence-corrected chi connectivity index (χ0v) is 11.1. The van der Waals surface area contributed by atoms with Crippen LogP contribution >= 0.6 is 0 Å². The first-order chi connectivity index (χ1) is 8.81. The summed E-state index contributed by atoms with van der Waals surface area (Å²) in [5.74, 6) is 0.538. The van der Waals surface area contributed by atoms with Gasteiger partial charge in [-0.2, -0.15) is 5.26 Å². The van der Waals surface area contributed by atoms with Crippen molar-refractivity contribution < 1.29 is 5.11 Å². The Labute approximate surface area is 110 Å². The van der Waals surface area contributed by atoms with Gasteiger partial charge in [-0.25, -0.2) is 0 Å². The number of hydrogen-bond donors (Lipinski definition) is 2. The topological polar surface area (TPSA) is 59.3 Å². The van der Waals surface area contributed by atoms with Crippen LogP contribution in [0.2, 0.25) is 0 Å². The number of aliphatic hydroxyl groups is 1. The van der Waals surface area contributed by atoms with Crippen LogP contribution < -0.4 is 5.32 Å². The molecule has 102 valence electrons. The van der Waals surface area contributed by atoms with E-state index in [1.807, 2.05) is 0 Å². The summed E-state index contributed by atoms with van der Waals surface area (Å²) in [5, 5.41) is 21.7. The van der Waals surface area contributed by atoms with E-state index >= 15 is 0 Å². The predicted molar refractivity (Wildman–Crippen MR) is 71.0 cm³/mol. The summed E-state index contributed by atoms with van der Waals surface area (Å²) in [7, 11) is 0. The number of aliphatic hydroxyl groups excluding tert-OH is 1. The Morgan fingerprint density at radius 3 is 2.67 bits per heavy atom. The number of hydrogen-bond acceptors (Lipinski definition) is 4. The van der Waals surface area contributed by atoms with Gasteiger partial charge in [-0.3, -0.25) is 4.90 Å². The quantitative estimate of drug-likeness (QED) is 0.719. The van der Waals surface area contributed by atoms with Crippen LogP contribution in [-0.2, 0) is 0 Å². The minimum absolute atomic E-state index is 0.265. The molecule has 2 rings (SSSR count). The van der Waals surface area contributed by atoms with E-state index in [1.165, 1.54) is 25.7 Å². The van der Waals surface area contributed by atoms with Crippen LogP contribution in [0.4, 0.5) is 0 Å². The molecule has 2 atom stereocenters. The average Bonchev–Trinajstić information content (AvgIpc) is 2.82. The van der Waals surface area contributed by atoms with Crippen molar-refractivity contribution in [3.05, 3.63) is 0 Å². The van der Waals surface area contributed by atoms with E-state index in [0.29, 0.717) is 24.5 Å². The molecule has 0 amide bonds. The van der Waals surface area contributed by atoms with Crippen molar-refractivity contribution in [1.82, 2.24) is 10.2 Å². The molecule has 1 saturated carbocycles. The van der Waals surface area contributed by atoms with Crippen molar-refractivity contribution in [3.8, 4) is 6.07 Å². The second kappa shape index (κ2) is 7.08. The van der Waals surface area contributed by atoms with Crippen LogP contribution in [0.5, 0.6) is 0 Å². The van der Waals surface area contributed by atoms with Crippen molar-refractivity contribution in [3.63, 3.8) is 0 Å². The summed E-state index contributed by atoms with van der Waals surface area (Å²) in [6.07, 6.45) is 7.33. The Morgan fingerprint density at radius 1 is 1.22 bits per heavy atom. The number of nitrogens with one attached hydrogen (secondary N) is 1. The first kappa shape index (κ1) is 13.8. The smallest absolute Gasteiger partial charge is 0.0866 e. The molecule has 0 aromatic rings. The molecule has 4 nitrogen and oxygen atoms in total. The third kappa shape index (κ3) is 3.94. The van der Waals surface area contributed by atoms with E-state index in [-0.39, 0.29) is 6.61 Å². The maximum atomic E-state index is 9.10. The Hall–Kier alpha value is -0.630. The third-order valence-corrected chi connectivity index (χ3v) is 4.27. The monoisotopic (exact) mass is 251 g/mol. The van der Waals surface area contributed by atoms with Gasteiger partial charge in [-0.15, -0.1) is 0 Å². The molecule has 2 fully saturated rings. The minimum atomic E-state index is 0.265. The maximum Gasteiger partial charge on any atom is 0.0866 e. The van der Waals surface area contributed by atoms with Gasteiger partial charge >= 0.3 is 0 Å². The third-order valence-electron chi connectivity index (χ3n) is 4.27. The first-order valence-corrected chi connectivity index (χ1v) is 7.28. The van der Waals surface area contributed by atoms with Gasteiger partial charge in [0, 0.05) is 31.8 Å². The molecular formula is C14H25N3O. The van der Waals surface area contributed by atoms with Crippen LogP contribution in [0.25, 0.3) is 0 Å². The van der Waals surface area contributed by atoms with Gasteiger partial charge < -0.3 is 10.4 Å². The molecule has 0 radical (unpaired) electrons. The van der Waals surface area contributed by atoms with E-state index in [0.717, 1.165) is 25.9 Å². The number of piperidine rings is 1. The highest BCUT2D eigenvalue weighted by Gasteiger charge is 2.28. The van der Waals surface area contributed by atoms with Crippen LogP contribution in [-0.4, -0.2) is 48.3 Å². The van der Waals surface area contributed by atoms with Crippen molar-refractivity contribution in [2.75, 3.05) is 26.2 Å². The standard InChI is InChI=1S/C14H25N3O/c15-6-7-17-10-12(5-8-18)9-14(11-17)16-13-3-1-2-4-13/h12-14,16,18H,1-5,7-11H2. The fourth-order valence-electron chi connectivity index (χ4n) is 3.47. The van der Waals surface area contributed by atoms with Gasteiger partial charge in [0.2, 0.25) is 0 Å². The highest BCUT2D eigenvalue weighted by atomic mass is 16.3. The van der Waals surface area contributed by atoms with Crippen molar-refractivity contribution in [2.24, 2.45) is 5.92 Å². The first-order valence-electron chi connectivity index (χ1n) is 7.28. The van der Waals surface area contributed by atoms with Gasteiger partial charge in [0.05, 0.1) is 12.6 Å². The van der Waals surface area contributed by atoms with Crippen molar-refractivity contribution in [1.29, 1.82) is 5.26 Å². The molecule has 1 heterocycles. The lowest BCUT2D eigenvalue weighted by Gasteiger charge is -2.38. The molecule has 0 spiro atoms. The van der Waals surface area contributed by atoms with Gasteiger partial charge in [0.1, 0.15) is 0 Å². The normalized spacial score (nSPS) is 30.4. The highest BCUT2D eigenvalue weighted by Crippen LogP contribution is 2.23. The Bertz CT molecular complexity index is 283. The van der Waals surface area contributed by atoms with Crippen molar-refractivity contribution in [2.45, 2.75) is 50.6 Å². The van der Waals surface area contributed by atoms with Crippen LogP contribution in [0.15, 0.2) is 0 Å².